The van der Waals surface area contributed by atoms with Crippen molar-refractivity contribution in [2.45, 2.75) is 26.1 Å². The van der Waals surface area contributed by atoms with Crippen LogP contribution in [0, 0.1) is 13.8 Å². The van der Waals surface area contributed by atoms with Gasteiger partial charge in [-0.3, -0.25) is 9.80 Å². The van der Waals surface area contributed by atoms with E-state index in [4.69, 9.17) is 9.47 Å². The number of ether oxygens (including phenoxy) is 2. The first-order chi connectivity index (χ1) is 20.4. The first-order valence-corrected chi connectivity index (χ1v) is 14.9. The molecule has 42 heavy (non-hydrogen) atoms. The van der Waals surface area contributed by atoms with Gasteiger partial charge < -0.3 is 29.5 Å². The SMILES string of the molecule is Cc1ccnc(N2CCN(C[C@H](O)COc3ccc(OC[C@@H](O)CN4CCN(c5cc(C)ccn5)CC4)cc3)CC2)c1. The Balaban J connectivity index is 0.956. The molecule has 0 spiro atoms. The van der Waals surface area contributed by atoms with Crippen molar-refractivity contribution in [1.82, 2.24) is 19.8 Å². The number of hydrogen-bond acceptors (Lipinski definition) is 10. The molecule has 3 aromatic rings. The fourth-order valence-electron chi connectivity index (χ4n) is 5.42. The monoisotopic (exact) mass is 576 g/mol. The molecule has 0 saturated carbocycles. The van der Waals surface area contributed by atoms with E-state index in [9.17, 15) is 10.2 Å². The van der Waals surface area contributed by atoms with E-state index in [-0.39, 0.29) is 13.2 Å². The van der Waals surface area contributed by atoms with Gasteiger partial charge in [-0.15, -0.1) is 0 Å². The number of aryl methyl sites for hydroxylation is 2. The number of anilines is 2. The molecule has 0 aliphatic carbocycles. The number of piperazine rings is 2. The molecular formula is C32H44N6O4. The zero-order chi connectivity index (χ0) is 29.3. The topological polar surface area (TPSA) is 97.7 Å². The van der Waals surface area contributed by atoms with Gasteiger partial charge in [0.05, 0.1) is 0 Å². The molecule has 0 amide bonds. The molecule has 2 aromatic heterocycles. The van der Waals surface area contributed by atoms with E-state index in [1.54, 1.807) is 0 Å². The third-order valence-corrected chi connectivity index (χ3v) is 7.84. The lowest BCUT2D eigenvalue weighted by Crippen LogP contribution is -2.49. The molecule has 2 aliphatic heterocycles. The van der Waals surface area contributed by atoms with E-state index >= 15 is 0 Å². The second-order valence-electron chi connectivity index (χ2n) is 11.4. The van der Waals surface area contributed by atoms with Crippen molar-refractivity contribution in [3.8, 4) is 11.5 Å². The van der Waals surface area contributed by atoms with Crippen LogP contribution in [0.2, 0.25) is 0 Å². The smallest absolute Gasteiger partial charge is 0.128 e. The second-order valence-corrected chi connectivity index (χ2v) is 11.4. The van der Waals surface area contributed by atoms with Crippen LogP contribution in [0.4, 0.5) is 11.6 Å². The van der Waals surface area contributed by atoms with E-state index in [1.165, 1.54) is 11.1 Å². The molecule has 1 aromatic carbocycles. The molecule has 10 nitrogen and oxygen atoms in total. The van der Waals surface area contributed by atoms with Gasteiger partial charge in [-0.2, -0.15) is 0 Å². The maximum Gasteiger partial charge on any atom is 0.128 e. The lowest BCUT2D eigenvalue weighted by Gasteiger charge is -2.36. The van der Waals surface area contributed by atoms with Gasteiger partial charge in [0.15, 0.2) is 0 Å². The van der Waals surface area contributed by atoms with Crippen LogP contribution in [0.15, 0.2) is 60.9 Å². The van der Waals surface area contributed by atoms with Crippen LogP contribution in [0.25, 0.3) is 0 Å². The number of aromatic nitrogens is 2. The van der Waals surface area contributed by atoms with Gasteiger partial charge in [-0.25, -0.2) is 9.97 Å². The minimum atomic E-state index is -0.574. The molecule has 2 saturated heterocycles. The fourth-order valence-corrected chi connectivity index (χ4v) is 5.42. The normalized spacial score (nSPS) is 18.1. The summed E-state index contributed by atoms with van der Waals surface area (Å²) in [4.78, 5) is 18.1. The molecule has 2 aliphatic rings. The maximum atomic E-state index is 10.5. The summed E-state index contributed by atoms with van der Waals surface area (Å²) < 4.78 is 11.6. The van der Waals surface area contributed by atoms with Crippen molar-refractivity contribution in [3.63, 3.8) is 0 Å². The van der Waals surface area contributed by atoms with Crippen molar-refractivity contribution in [2.24, 2.45) is 0 Å². The van der Waals surface area contributed by atoms with Crippen LogP contribution in [-0.4, -0.2) is 121 Å². The Labute approximate surface area is 249 Å². The molecule has 2 N–H and O–H groups in total. The van der Waals surface area contributed by atoms with Crippen LogP contribution in [0.5, 0.6) is 11.5 Å². The molecule has 0 unspecified atom stereocenters. The van der Waals surface area contributed by atoms with Crippen molar-refractivity contribution in [2.75, 3.05) is 88.5 Å². The van der Waals surface area contributed by atoms with Crippen LogP contribution in [0.1, 0.15) is 11.1 Å². The van der Waals surface area contributed by atoms with E-state index < -0.39 is 12.2 Å². The number of pyridine rings is 2. The number of β-amino-alcohol motifs (C(OH)–C–C–N with tert-alkyl or cyclic N) is 2. The van der Waals surface area contributed by atoms with Crippen molar-refractivity contribution in [3.05, 3.63) is 72.1 Å². The van der Waals surface area contributed by atoms with Crippen molar-refractivity contribution >= 4 is 11.6 Å². The number of hydrogen-bond donors (Lipinski definition) is 2. The van der Waals surface area contributed by atoms with Crippen LogP contribution >= 0.6 is 0 Å². The Kier molecular flexibility index (Phi) is 10.5. The molecule has 2 fully saturated rings. The van der Waals surface area contributed by atoms with Crippen molar-refractivity contribution in [1.29, 1.82) is 0 Å². The average Bonchev–Trinajstić information content (AvgIpc) is 3.00. The molecule has 226 valence electrons. The van der Waals surface area contributed by atoms with E-state index in [0.717, 1.165) is 64.0 Å². The Morgan fingerprint density at radius 2 is 1.00 bits per heavy atom. The summed E-state index contributed by atoms with van der Waals surface area (Å²) in [5.41, 5.74) is 2.43. The summed E-state index contributed by atoms with van der Waals surface area (Å²) in [5.74, 6) is 3.40. The molecular weight excluding hydrogens is 532 g/mol. The number of aliphatic hydroxyl groups is 2. The predicted octanol–water partition coefficient (Wildman–Crippen LogP) is 2.22. The van der Waals surface area contributed by atoms with E-state index in [0.29, 0.717) is 24.6 Å². The van der Waals surface area contributed by atoms with Gasteiger partial charge >= 0.3 is 0 Å². The molecule has 0 radical (unpaired) electrons. The number of aliphatic hydroxyl groups excluding tert-OH is 2. The molecule has 5 rings (SSSR count). The Bertz CT molecular complexity index is 1150. The number of rotatable bonds is 12. The summed E-state index contributed by atoms with van der Waals surface area (Å²) in [5, 5.41) is 21.1. The fraction of sp³-hybridized carbons (Fsp3) is 0.500. The van der Waals surface area contributed by atoms with Gasteiger partial charge in [0, 0.05) is 77.8 Å². The summed E-state index contributed by atoms with van der Waals surface area (Å²) in [6.07, 6.45) is 2.56. The first kappa shape index (κ1) is 30.0. The van der Waals surface area contributed by atoms with Gasteiger partial charge in [0.25, 0.3) is 0 Å². The highest BCUT2D eigenvalue weighted by Gasteiger charge is 2.22. The highest BCUT2D eigenvalue weighted by molar-refractivity contribution is 5.42. The Morgan fingerprint density at radius 1 is 0.619 bits per heavy atom. The summed E-state index contributed by atoms with van der Waals surface area (Å²) in [6.45, 7) is 12.9. The van der Waals surface area contributed by atoms with Crippen molar-refractivity contribution < 1.29 is 19.7 Å². The number of benzene rings is 1. The second kappa shape index (κ2) is 14.6. The zero-order valence-electron chi connectivity index (χ0n) is 24.8. The minimum Gasteiger partial charge on any atom is -0.491 e. The highest BCUT2D eigenvalue weighted by Crippen LogP contribution is 2.19. The highest BCUT2D eigenvalue weighted by atomic mass is 16.5. The van der Waals surface area contributed by atoms with Gasteiger partial charge in [-0.1, -0.05) is 0 Å². The average molecular weight is 577 g/mol. The third-order valence-electron chi connectivity index (χ3n) is 7.84. The Morgan fingerprint density at radius 3 is 1.36 bits per heavy atom. The summed E-state index contributed by atoms with van der Waals surface area (Å²) >= 11 is 0. The zero-order valence-corrected chi connectivity index (χ0v) is 24.8. The maximum absolute atomic E-state index is 10.5. The number of nitrogens with zero attached hydrogens (tertiary/aromatic N) is 6. The lowest BCUT2D eigenvalue weighted by molar-refractivity contribution is 0.0649. The Hall–Kier alpha value is -3.44. The van der Waals surface area contributed by atoms with Gasteiger partial charge in [-0.05, 0) is 73.5 Å². The predicted molar refractivity (Wildman–Crippen MR) is 165 cm³/mol. The quantitative estimate of drug-likeness (QED) is 0.334. The first-order valence-electron chi connectivity index (χ1n) is 14.9. The van der Waals surface area contributed by atoms with Gasteiger partial charge in [0.2, 0.25) is 0 Å². The lowest BCUT2D eigenvalue weighted by atomic mass is 10.2. The van der Waals surface area contributed by atoms with Crippen LogP contribution in [0.3, 0.4) is 0 Å². The van der Waals surface area contributed by atoms with E-state index in [1.807, 2.05) is 48.8 Å². The molecule has 2 atom stereocenters. The van der Waals surface area contributed by atoms with Gasteiger partial charge in [0.1, 0.15) is 48.6 Å². The largest absolute Gasteiger partial charge is 0.491 e. The van der Waals surface area contributed by atoms with Crippen LogP contribution in [-0.2, 0) is 0 Å². The third kappa shape index (κ3) is 8.78. The van der Waals surface area contributed by atoms with E-state index in [2.05, 4.69) is 55.5 Å². The van der Waals surface area contributed by atoms with Crippen LogP contribution < -0.4 is 19.3 Å². The molecule has 0 bridgehead atoms. The summed E-state index contributed by atoms with van der Waals surface area (Å²) in [7, 11) is 0. The molecule has 4 heterocycles. The summed E-state index contributed by atoms with van der Waals surface area (Å²) in [6, 6.07) is 15.6. The minimum absolute atomic E-state index is 0.228. The standard InChI is InChI=1S/C32H44N6O4/c1-25-7-9-33-31(19-25)37-15-11-35(12-16-37)21-27(39)23-41-29-3-5-30(6-4-29)42-24-28(40)22-36-13-17-38(18-14-36)32-20-26(2)8-10-34-32/h3-10,19-20,27-28,39-40H,11-18,21-24H2,1-2H3/t27-,28-/m0/s1. The molecule has 10 heteroatoms.